The number of hydrogen-bond acceptors (Lipinski definition) is 9. The topological polar surface area (TPSA) is 131 Å². The number of nitrogens with one attached hydrogen (secondary N) is 1. The van der Waals surface area contributed by atoms with Crippen molar-refractivity contribution in [2.75, 3.05) is 63.1 Å². The number of aryl methyl sites for hydroxylation is 1. The van der Waals surface area contributed by atoms with Crippen molar-refractivity contribution in [2.24, 2.45) is 0 Å². The molecule has 214 valence electrons. The van der Waals surface area contributed by atoms with Gasteiger partial charge < -0.3 is 26.2 Å². The van der Waals surface area contributed by atoms with Gasteiger partial charge in [0, 0.05) is 64.0 Å². The largest absolute Gasteiger partial charge is 0.396 e. The summed E-state index contributed by atoms with van der Waals surface area (Å²) in [4.78, 5) is 28.3. The first-order valence-electron chi connectivity index (χ1n) is 14.0. The summed E-state index contributed by atoms with van der Waals surface area (Å²) in [5, 5.41) is 21.4. The van der Waals surface area contributed by atoms with E-state index in [2.05, 4.69) is 68.1 Å². The number of nitrogens with zero attached hydrogens (tertiary/aromatic N) is 5. The predicted octanol–water partition coefficient (Wildman–Crippen LogP) is 2.23. The van der Waals surface area contributed by atoms with Crippen molar-refractivity contribution in [3.8, 4) is 0 Å². The van der Waals surface area contributed by atoms with Crippen LogP contribution in [-0.4, -0.2) is 100 Å². The molecule has 5 N–H and O–H groups in total. The fourth-order valence-corrected chi connectivity index (χ4v) is 6.19. The highest BCUT2D eigenvalue weighted by atomic mass is 35.5. The summed E-state index contributed by atoms with van der Waals surface area (Å²) in [5.41, 5.74) is 8.58. The van der Waals surface area contributed by atoms with E-state index in [0.717, 1.165) is 58.4 Å². The van der Waals surface area contributed by atoms with E-state index in [4.69, 9.17) is 22.4 Å². The fourth-order valence-electron chi connectivity index (χ4n) is 5.95. The summed E-state index contributed by atoms with van der Waals surface area (Å²) >= 11 is 6.48. The number of piperidine rings is 1. The number of amides is 1. The van der Waals surface area contributed by atoms with Gasteiger partial charge in [-0.05, 0) is 38.2 Å². The Hall–Kier alpha value is -2.50. The SMILES string of the molecule is CC[C@H]1CN(c2nc(N)c(C(=O)NCCO)nc2Cl)CCN1C1CCN(C(CCO)c2ccc(C)cc2)CC1. The summed E-state index contributed by atoms with van der Waals surface area (Å²) in [6, 6.07) is 9.79. The number of benzene rings is 1. The molecule has 4 rings (SSSR count). The van der Waals surface area contributed by atoms with Gasteiger partial charge >= 0.3 is 0 Å². The molecule has 11 heteroatoms. The lowest BCUT2D eigenvalue weighted by Crippen LogP contribution is -2.58. The van der Waals surface area contributed by atoms with Crippen LogP contribution in [0.15, 0.2) is 24.3 Å². The minimum atomic E-state index is -0.506. The minimum absolute atomic E-state index is 0.0266. The van der Waals surface area contributed by atoms with Crippen LogP contribution in [0.1, 0.15) is 60.3 Å². The van der Waals surface area contributed by atoms with E-state index >= 15 is 0 Å². The number of nitrogen functional groups attached to an aromatic ring is 1. The molecule has 1 aromatic heterocycles. The fraction of sp³-hybridized carbons (Fsp3) is 0.607. The van der Waals surface area contributed by atoms with Crippen molar-refractivity contribution in [3.63, 3.8) is 0 Å². The third-order valence-electron chi connectivity index (χ3n) is 8.05. The molecule has 0 spiro atoms. The van der Waals surface area contributed by atoms with Crippen LogP contribution in [0.4, 0.5) is 11.6 Å². The van der Waals surface area contributed by atoms with Gasteiger partial charge in [0.05, 0.1) is 6.61 Å². The van der Waals surface area contributed by atoms with E-state index in [1.165, 1.54) is 11.1 Å². The molecule has 1 unspecified atom stereocenters. The monoisotopic (exact) mass is 559 g/mol. The molecule has 2 aromatic rings. The minimum Gasteiger partial charge on any atom is -0.396 e. The van der Waals surface area contributed by atoms with Gasteiger partial charge in [-0.1, -0.05) is 48.4 Å². The normalized spacial score (nSPS) is 20.2. The van der Waals surface area contributed by atoms with Crippen molar-refractivity contribution in [1.82, 2.24) is 25.1 Å². The lowest BCUT2D eigenvalue weighted by atomic mass is 9.94. The average molecular weight is 560 g/mol. The van der Waals surface area contributed by atoms with Crippen LogP contribution in [0.5, 0.6) is 0 Å². The number of halogens is 1. The molecule has 0 aliphatic carbocycles. The summed E-state index contributed by atoms with van der Waals surface area (Å²) in [7, 11) is 0. The molecule has 39 heavy (non-hydrogen) atoms. The number of aliphatic hydroxyl groups is 2. The van der Waals surface area contributed by atoms with Crippen LogP contribution < -0.4 is 16.0 Å². The Morgan fingerprint density at radius 3 is 2.49 bits per heavy atom. The Kier molecular flexibility index (Phi) is 10.4. The predicted molar refractivity (Wildman–Crippen MR) is 154 cm³/mol. The maximum Gasteiger partial charge on any atom is 0.273 e. The highest BCUT2D eigenvalue weighted by Gasteiger charge is 2.35. The number of piperazine rings is 1. The molecule has 10 nitrogen and oxygen atoms in total. The molecule has 2 atom stereocenters. The van der Waals surface area contributed by atoms with Crippen LogP contribution in [0.3, 0.4) is 0 Å². The Morgan fingerprint density at radius 1 is 1.13 bits per heavy atom. The zero-order chi connectivity index (χ0) is 27.9. The molecular weight excluding hydrogens is 518 g/mol. The van der Waals surface area contributed by atoms with Crippen molar-refractivity contribution in [1.29, 1.82) is 0 Å². The van der Waals surface area contributed by atoms with E-state index in [9.17, 15) is 9.90 Å². The Balaban J connectivity index is 1.39. The smallest absolute Gasteiger partial charge is 0.273 e. The number of aromatic nitrogens is 2. The van der Waals surface area contributed by atoms with E-state index < -0.39 is 5.91 Å². The number of carbonyl (C=O) groups excluding carboxylic acids is 1. The Labute approximate surface area is 236 Å². The van der Waals surface area contributed by atoms with Gasteiger partial charge in [0.1, 0.15) is 0 Å². The molecule has 2 saturated heterocycles. The van der Waals surface area contributed by atoms with E-state index in [0.29, 0.717) is 17.9 Å². The zero-order valence-electron chi connectivity index (χ0n) is 23.0. The first-order chi connectivity index (χ1) is 18.9. The molecule has 0 radical (unpaired) electrons. The number of anilines is 2. The zero-order valence-corrected chi connectivity index (χ0v) is 23.8. The Bertz CT molecular complexity index is 1100. The number of aliphatic hydroxyl groups excluding tert-OH is 2. The third kappa shape index (κ3) is 6.99. The third-order valence-corrected chi connectivity index (χ3v) is 8.30. The molecule has 0 saturated carbocycles. The van der Waals surface area contributed by atoms with Crippen molar-refractivity contribution in [3.05, 3.63) is 46.2 Å². The molecule has 2 fully saturated rings. The highest BCUT2D eigenvalue weighted by molar-refractivity contribution is 6.32. The van der Waals surface area contributed by atoms with Crippen LogP contribution in [-0.2, 0) is 0 Å². The standard InChI is InChI=1S/C28H42ClN7O3/c1-3-21-18-35(27-25(29)32-24(26(30)33-27)28(39)31-11-17-38)14-15-36(21)22-8-12-34(13-9-22)23(10-16-37)20-6-4-19(2)5-7-20/h4-7,21-23,37-38H,3,8-18H2,1-2H3,(H2,30,33)(H,31,39)/t21-,23?/m0/s1. The highest BCUT2D eigenvalue weighted by Crippen LogP contribution is 2.32. The second kappa shape index (κ2) is 13.7. The maximum absolute atomic E-state index is 12.3. The van der Waals surface area contributed by atoms with E-state index in [1.54, 1.807) is 0 Å². The van der Waals surface area contributed by atoms with Gasteiger partial charge in [0.2, 0.25) is 0 Å². The summed E-state index contributed by atoms with van der Waals surface area (Å²) in [6.45, 7) is 8.83. The van der Waals surface area contributed by atoms with E-state index in [1.807, 2.05) is 0 Å². The lowest BCUT2D eigenvalue weighted by molar-refractivity contribution is 0.0437. The quantitative estimate of drug-likeness (QED) is 0.346. The van der Waals surface area contributed by atoms with Gasteiger partial charge in [-0.15, -0.1) is 0 Å². The maximum atomic E-state index is 12.3. The van der Waals surface area contributed by atoms with Crippen molar-refractivity contribution < 1.29 is 15.0 Å². The summed E-state index contributed by atoms with van der Waals surface area (Å²) in [6.07, 6.45) is 3.93. The number of nitrogens with two attached hydrogens (primary N) is 1. The average Bonchev–Trinajstić information content (AvgIpc) is 2.96. The number of carbonyl (C=O) groups is 1. The summed E-state index contributed by atoms with van der Waals surface area (Å²) < 4.78 is 0. The summed E-state index contributed by atoms with van der Waals surface area (Å²) in [5.74, 6) is 0.0261. The number of likely N-dealkylation sites (tertiary alicyclic amines) is 1. The molecule has 2 aliphatic heterocycles. The first kappa shape index (κ1) is 29.5. The van der Waals surface area contributed by atoms with E-state index in [-0.39, 0.29) is 42.5 Å². The van der Waals surface area contributed by atoms with Crippen molar-refractivity contribution >= 4 is 29.1 Å². The number of hydrogen-bond donors (Lipinski definition) is 4. The van der Waals surface area contributed by atoms with Crippen molar-refractivity contribution in [2.45, 2.75) is 57.7 Å². The first-order valence-corrected chi connectivity index (χ1v) is 14.4. The second-order valence-corrected chi connectivity index (χ2v) is 10.9. The molecule has 2 aliphatic rings. The van der Waals surface area contributed by atoms with Gasteiger partial charge in [0.15, 0.2) is 22.5 Å². The van der Waals surface area contributed by atoms with Crippen LogP contribution in [0.2, 0.25) is 5.15 Å². The molecule has 0 bridgehead atoms. The lowest BCUT2D eigenvalue weighted by Gasteiger charge is -2.48. The van der Waals surface area contributed by atoms with Gasteiger partial charge in [-0.2, -0.15) is 0 Å². The molecule has 1 amide bonds. The molecular formula is C28H42ClN7O3. The Morgan fingerprint density at radius 2 is 1.85 bits per heavy atom. The van der Waals surface area contributed by atoms with Crippen LogP contribution in [0, 0.1) is 6.92 Å². The van der Waals surface area contributed by atoms with Crippen LogP contribution in [0.25, 0.3) is 0 Å². The molecule has 3 heterocycles. The number of rotatable bonds is 10. The second-order valence-electron chi connectivity index (χ2n) is 10.5. The van der Waals surface area contributed by atoms with Gasteiger partial charge in [-0.3, -0.25) is 14.6 Å². The molecule has 1 aromatic carbocycles. The van der Waals surface area contributed by atoms with Crippen LogP contribution >= 0.6 is 11.6 Å². The van der Waals surface area contributed by atoms with Gasteiger partial charge in [-0.25, -0.2) is 9.97 Å². The van der Waals surface area contributed by atoms with Gasteiger partial charge in [0.25, 0.3) is 5.91 Å².